The summed E-state index contributed by atoms with van der Waals surface area (Å²) in [7, 11) is -3.41. The molecule has 2 aromatic carbocycles. The highest BCUT2D eigenvalue weighted by Crippen LogP contribution is 2.46. The minimum atomic E-state index is -3.41. The molecule has 0 saturated carbocycles. The van der Waals surface area contributed by atoms with E-state index in [0.717, 1.165) is 28.0 Å². The summed E-state index contributed by atoms with van der Waals surface area (Å²) in [6, 6.07) is 16.8. The van der Waals surface area contributed by atoms with Gasteiger partial charge in [0.1, 0.15) is 5.02 Å². The molecule has 11 heteroatoms. The van der Waals surface area contributed by atoms with E-state index in [1.54, 1.807) is 18.2 Å². The molecule has 8 nitrogen and oxygen atoms in total. The maximum Gasteiger partial charge on any atom is 0.349 e. The zero-order valence-corrected chi connectivity index (χ0v) is 24.0. The van der Waals surface area contributed by atoms with Gasteiger partial charge in [0.25, 0.3) is 0 Å². The van der Waals surface area contributed by atoms with Crippen molar-refractivity contribution in [2.45, 2.75) is 44.5 Å². The first kappa shape index (κ1) is 29.1. The van der Waals surface area contributed by atoms with Crippen LogP contribution in [0, 0.1) is 0 Å². The van der Waals surface area contributed by atoms with Crippen LogP contribution in [-0.2, 0) is 25.3 Å². The molecule has 1 saturated heterocycles. The van der Waals surface area contributed by atoms with Crippen LogP contribution in [0.5, 0.6) is 5.75 Å². The minimum absolute atomic E-state index is 0.0175. The molecule has 1 N–H and O–H groups in total. The number of carboxylic acids is 1. The number of carboxylic acid groups (broad SMARTS) is 1. The van der Waals surface area contributed by atoms with Crippen molar-refractivity contribution in [1.29, 1.82) is 0 Å². The lowest BCUT2D eigenvalue weighted by Crippen LogP contribution is -2.38. The van der Waals surface area contributed by atoms with Gasteiger partial charge in [-0.15, -0.1) is 11.3 Å². The highest BCUT2D eigenvalue weighted by Gasteiger charge is 2.30. The number of halogens is 1. The van der Waals surface area contributed by atoms with Crippen LogP contribution in [0.2, 0.25) is 5.02 Å². The number of nitrogens with zero attached hydrogens (tertiary/aromatic N) is 1. The van der Waals surface area contributed by atoms with E-state index in [4.69, 9.17) is 21.1 Å². The zero-order valence-electron chi connectivity index (χ0n) is 21.6. The minimum Gasteiger partial charge on any atom is -0.479 e. The molecule has 0 unspecified atom stereocenters. The van der Waals surface area contributed by atoms with E-state index >= 15 is 0 Å². The largest absolute Gasteiger partial charge is 0.479 e. The molecule has 0 atom stereocenters. The van der Waals surface area contributed by atoms with E-state index in [1.807, 2.05) is 54.6 Å². The van der Waals surface area contributed by atoms with Gasteiger partial charge in [-0.1, -0.05) is 66.2 Å². The number of hydrogen-bond donors (Lipinski definition) is 1. The molecule has 208 valence electrons. The molecule has 0 bridgehead atoms. The Bertz CT molecular complexity index is 1430. The van der Waals surface area contributed by atoms with Crippen molar-refractivity contribution in [3.8, 4) is 16.2 Å². The van der Waals surface area contributed by atoms with Crippen LogP contribution in [0.4, 0.5) is 0 Å². The van der Waals surface area contributed by atoms with Gasteiger partial charge in [0.05, 0.1) is 16.7 Å². The van der Waals surface area contributed by atoms with Crippen molar-refractivity contribution >= 4 is 44.9 Å². The number of hydrogen-bond acceptors (Lipinski definition) is 7. The van der Waals surface area contributed by atoms with E-state index in [-0.39, 0.29) is 33.4 Å². The number of aromatic carboxylic acids is 1. The predicted octanol–water partition coefficient (Wildman–Crippen LogP) is 5.81. The molecule has 4 rings (SSSR count). The van der Waals surface area contributed by atoms with Crippen molar-refractivity contribution in [3.63, 3.8) is 0 Å². The molecule has 0 aliphatic carbocycles. The van der Waals surface area contributed by atoms with Crippen molar-refractivity contribution in [2.75, 3.05) is 19.7 Å². The van der Waals surface area contributed by atoms with Crippen LogP contribution in [0.1, 0.15) is 53.4 Å². The number of ether oxygens (including phenoxy) is 2. The number of esters is 1. The maximum absolute atomic E-state index is 12.9. The Hall–Kier alpha value is -2.92. The van der Waals surface area contributed by atoms with Crippen molar-refractivity contribution in [1.82, 2.24) is 4.31 Å². The molecule has 0 amide bonds. The van der Waals surface area contributed by atoms with Gasteiger partial charge in [-0.3, -0.25) is 0 Å². The van der Waals surface area contributed by atoms with E-state index in [9.17, 15) is 23.1 Å². The third-order valence-electron chi connectivity index (χ3n) is 6.36. The fourth-order valence-electron chi connectivity index (χ4n) is 4.56. The lowest BCUT2D eigenvalue weighted by Gasteiger charge is -2.31. The first-order chi connectivity index (χ1) is 18.5. The number of rotatable bonds is 10. The van der Waals surface area contributed by atoms with Crippen molar-refractivity contribution in [3.05, 3.63) is 75.6 Å². The summed E-state index contributed by atoms with van der Waals surface area (Å²) in [5.41, 5.74) is 2.52. The Morgan fingerprint density at radius 3 is 2.44 bits per heavy atom. The van der Waals surface area contributed by atoms with E-state index in [0.29, 0.717) is 30.8 Å². The fourth-order valence-corrected chi connectivity index (χ4v) is 7.52. The van der Waals surface area contributed by atoms with Gasteiger partial charge in [0.2, 0.25) is 10.0 Å². The van der Waals surface area contributed by atoms with Gasteiger partial charge in [-0.25, -0.2) is 22.3 Å². The lowest BCUT2D eigenvalue weighted by atomic mass is 9.89. The normalized spacial score (nSPS) is 14.9. The predicted molar refractivity (Wildman–Crippen MR) is 151 cm³/mol. The second-order valence-corrected chi connectivity index (χ2v) is 12.9. The summed E-state index contributed by atoms with van der Waals surface area (Å²) >= 11 is 7.54. The highest BCUT2D eigenvalue weighted by atomic mass is 35.5. The van der Waals surface area contributed by atoms with Crippen LogP contribution < -0.4 is 4.74 Å². The number of carbonyl (C=O) groups is 2. The standard InChI is InChI=1S/C28H30ClNO7S2/c1-18(2)37-23(31)16-36-25-24(29)26(38-27(25)28(32)33)22-10-6-9-21(15-22)20-11-13-30(14-12-20)39(34,35)17-19-7-4-3-5-8-19/h3-10,15,18,20H,11-14,16-17H2,1-2H3,(H,32,33). The average molecular weight is 592 g/mol. The third kappa shape index (κ3) is 7.19. The smallest absolute Gasteiger partial charge is 0.349 e. The molecule has 0 spiro atoms. The Kier molecular flexibility index (Phi) is 9.32. The van der Waals surface area contributed by atoms with Crippen molar-refractivity contribution < 1.29 is 32.6 Å². The number of piperidine rings is 1. The van der Waals surface area contributed by atoms with Crippen LogP contribution in [-0.4, -0.2) is 55.6 Å². The Balaban J connectivity index is 1.48. The monoisotopic (exact) mass is 591 g/mol. The summed E-state index contributed by atoms with van der Waals surface area (Å²) in [6.45, 7) is 3.81. The first-order valence-electron chi connectivity index (χ1n) is 12.5. The summed E-state index contributed by atoms with van der Waals surface area (Å²) < 4.78 is 38.0. The number of benzene rings is 2. The first-order valence-corrected chi connectivity index (χ1v) is 15.4. The molecule has 1 fully saturated rings. The summed E-state index contributed by atoms with van der Waals surface area (Å²) in [5.74, 6) is -1.76. The van der Waals surface area contributed by atoms with Gasteiger partial charge in [0, 0.05) is 13.1 Å². The van der Waals surface area contributed by atoms with Crippen LogP contribution in [0.3, 0.4) is 0 Å². The van der Waals surface area contributed by atoms with Gasteiger partial charge in [-0.2, -0.15) is 0 Å². The van der Waals surface area contributed by atoms with Crippen LogP contribution >= 0.6 is 22.9 Å². The summed E-state index contributed by atoms with van der Waals surface area (Å²) in [4.78, 5) is 24.2. The van der Waals surface area contributed by atoms with Gasteiger partial charge < -0.3 is 14.6 Å². The molecule has 3 aromatic rings. The third-order valence-corrected chi connectivity index (χ3v) is 9.90. The Labute approximate surface area is 237 Å². The number of sulfonamides is 1. The quantitative estimate of drug-likeness (QED) is 0.296. The topological polar surface area (TPSA) is 110 Å². The summed E-state index contributed by atoms with van der Waals surface area (Å²) in [5, 5.41) is 9.82. The second-order valence-electron chi connectivity index (χ2n) is 9.58. The molecule has 0 radical (unpaired) electrons. The van der Waals surface area contributed by atoms with Gasteiger partial charge >= 0.3 is 11.9 Å². The van der Waals surface area contributed by atoms with Gasteiger partial charge in [-0.05, 0) is 49.3 Å². The molecule has 1 aliphatic rings. The Morgan fingerprint density at radius 1 is 1.10 bits per heavy atom. The molecule has 1 aliphatic heterocycles. The second kappa shape index (κ2) is 12.5. The fraction of sp³-hybridized carbons (Fsp3) is 0.357. The molecule has 1 aromatic heterocycles. The SMILES string of the molecule is CC(C)OC(=O)COc1c(C(=O)O)sc(-c2cccc(C3CCN(S(=O)(=O)Cc4ccccc4)CC3)c2)c1Cl. The molecular weight excluding hydrogens is 562 g/mol. The van der Waals surface area contributed by atoms with E-state index in [2.05, 4.69) is 0 Å². The molecule has 39 heavy (non-hydrogen) atoms. The van der Waals surface area contributed by atoms with E-state index < -0.39 is 28.6 Å². The van der Waals surface area contributed by atoms with Crippen LogP contribution in [0.25, 0.3) is 10.4 Å². The van der Waals surface area contributed by atoms with Crippen molar-refractivity contribution in [2.24, 2.45) is 0 Å². The van der Waals surface area contributed by atoms with Crippen LogP contribution in [0.15, 0.2) is 54.6 Å². The molecule has 2 heterocycles. The number of carbonyl (C=O) groups excluding carboxylic acids is 1. The van der Waals surface area contributed by atoms with E-state index in [1.165, 1.54) is 0 Å². The summed E-state index contributed by atoms with van der Waals surface area (Å²) in [6.07, 6.45) is 1.01. The van der Waals surface area contributed by atoms with Gasteiger partial charge in [0.15, 0.2) is 17.2 Å². The molecular formula is C28H30ClNO7S2. The maximum atomic E-state index is 12.9. The zero-order chi connectivity index (χ0) is 28.2. The number of thiophene rings is 1. The average Bonchev–Trinajstić information content (AvgIpc) is 3.24. The highest BCUT2D eigenvalue weighted by molar-refractivity contribution is 7.88. The lowest BCUT2D eigenvalue weighted by molar-refractivity contribution is -0.149. The Morgan fingerprint density at radius 2 is 1.79 bits per heavy atom.